The Morgan fingerprint density at radius 3 is 2.64 bits per heavy atom. The van der Waals surface area contributed by atoms with Crippen LogP contribution in [-0.4, -0.2) is 35.8 Å². The molecule has 1 saturated heterocycles. The summed E-state index contributed by atoms with van der Waals surface area (Å²) in [6, 6.07) is -0.272. The molecular weight excluding hydrogens is 180 g/mol. The molecule has 0 aromatic carbocycles. The van der Waals surface area contributed by atoms with Gasteiger partial charge in [-0.1, -0.05) is 20.3 Å². The molecule has 2 amide bonds. The van der Waals surface area contributed by atoms with Crippen LogP contribution in [0.2, 0.25) is 0 Å². The summed E-state index contributed by atoms with van der Waals surface area (Å²) in [6.07, 6.45) is 0.905. The van der Waals surface area contributed by atoms with Crippen molar-refractivity contribution in [1.82, 2.24) is 10.2 Å². The number of likely N-dealkylation sites (N-methyl/N-ethyl adjacent to an activating group) is 1. The fraction of sp³-hybridized carbons (Fsp3) is 0.800. The highest BCUT2D eigenvalue weighted by molar-refractivity contribution is 5.94. The Kier molecular flexibility index (Phi) is 3.49. The van der Waals surface area contributed by atoms with Gasteiger partial charge in [0.15, 0.2) is 0 Å². The van der Waals surface area contributed by atoms with Gasteiger partial charge >= 0.3 is 0 Å². The van der Waals surface area contributed by atoms with Crippen LogP contribution in [0, 0.1) is 5.92 Å². The zero-order chi connectivity index (χ0) is 10.7. The standard InChI is InChI=1S/C10H18N2O2/c1-4-7(3)9-10(14)11-6-8(13)12(9)5-2/h7,9H,4-6H2,1-3H3,(H,11,14). The van der Waals surface area contributed by atoms with Crippen LogP contribution in [0.25, 0.3) is 0 Å². The third-order valence-corrected chi connectivity index (χ3v) is 2.86. The second kappa shape index (κ2) is 4.44. The highest BCUT2D eigenvalue weighted by Crippen LogP contribution is 2.17. The average Bonchev–Trinajstić information content (AvgIpc) is 2.19. The molecule has 0 radical (unpaired) electrons. The van der Waals surface area contributed by atoms with Gasteiger partial charge in [-0.15, -0.1) is 0 Å². The summed E-state index contributed by atoms with van der Waals surface area (Å²) in [6.45, 7) is 6.71. The first-order valence-corrected chi connectivity index (χ1v) is 5.19. The van der Waals surface area contributed by atoms with Crippen LogP contribution in [-0.2, 0) is 9.59 Å². The first kappa shape index (κ1) is 11.0. The number of nitrogens with zero attached hydrogens (tertiary/aromatic N) is 1. The number of carbonyl (C=O) groups excluding carboxylic acids is 2. The molecule has 14 heavy (non-hydrogen) atoms. The topological polar surface area (TPSA) is 49.4 Å². The molecule has 1 heterocycles. The van der Waals surface area contributed by atoms with Crippen molar-refractivity contribution in [2.75, 3.05) is 13.1 Å². The van der Waals surface area contributed by atoms with E-state index >= 15 is 0 Å². The van der Waals surface area contributed by atoms with Crippen LogP contribution in [0.1, 0.15) is 27.2 Å². The lowest BCUT2D eigenvalue weighted by Gasteiger charge is -2.37. The van der Waals surface area contributed by atoms with Crippen molar-refractivity contribution < 1.29 is 9.59 Å². The van der Waals surface area contributed by atoms with E-state index in [1.165, 1.54) is 0 Å². The fourth-order valence-corrected chi connectivity index (χ4v) is 1.83. The molecule has 0 saturated carbocycles. The molecule has 1 fully saturated rings. The minimum atomic E-state index is -0.272. The van der Waals surface area contributed by atoms with Gasteiger partial charge in [0.25, 0.3) is 0 Å². The maximum Gasteiger partial charge on any atom is 0.243 e. The highest BCUT2D eigenvalue weighted by Gasteiger charge is 2.36. The number of amides is 2. The van der Waals surface area contributed by atoms with E-state index in [0.29, 0.717) is 6.54 Å². The molecule has 2 unspecified atom stereocenters. The zero-order valence-electron chi connectivity index (χ0n) is 9.04. The lowest BCUT2D eigenvalue weighted by molar-refractivity contribution is -0.147. The van der Waals surface area contributed by atoms with Gasteiger partial charge in [-0.2, -0.15) is 0 Å². The number of piperazine rings is 1. The lowest BCUT2D eigenvalue weighted by Crippen LogP contribution is -2.60. The van der Waals surface area contributed by atoms with Crippen molar-refractivity contribution in [2.45, 2.75) is 33.2 Å². The van der Waals surface area contributed by atoms with Crippen LogP contribution in [0.3, 0.4) is 0 Å². The van der Waals surface area contributed by atoms with E-state index in [1.54, 1.807) is 4.90 Å². The predicted molar refractivity (Wildman–Crippen MR) is 53.6 cm³/mol. The molecule has 1 aliphatic heterocycles. The van der Waals surface area contributed by atoms with Crippen molar-refractivity contribution in [1.29, 1.82) is 0 Å². The van der Waals surface area contributed by atoms with Crippen molar-refractivity contribution in [3.8, 4) is 0 Å². The van der Waals surface area contributed by atoms with Gasteiger partial charge in [0.05, 0.1) is 6.54 Å². The van der Waals surface area contributed by atoms with Crippen molar-refractivity contribution >= 4 is 11.8 Å². The number of hydrogen-bond donors (Lipinski definition) is 1. The smallest absolute Gasteiger partial charge is 0.243 e. The summed E-state index contributed by atoms with van der Waals surface area (Å²) < 4.78 is 0. The van der Waals surface area contributed by atoms with Crippen LogP contribution in [0.4, 0.5) is 0 Å². The monoisotopic (exact) mass is 198 g/mol. The molecule has 4 heteroatoms. The Hall–Kier alpha value is -1.06. The van der Waals surface area contributed by atoms with E-state index in [-0.39, 0.29) is 30.3 Å². The van der Waals surface area contributed by atoms with Gasteiger partial charge in [0.2, 0.25) is 11.8 Å². The van der Waals surface area contributed by atoms with E-state index in [1.807, 2.05) is 20.8 Å². The van der Waals surface area contributed by atoms with E-state index in [4.69, 9.17) is 0 Å². The van der Waals surface area contributed by atoms with Gasteiger partial charge in [0.1, 0.15) is 6.04 Å². The van der Waals surface area contributed by atoms with Crippen molar-refractivity contribution in [3.05, 3.63) is 0 Å². The second-order valence-corrected chi connectivity index (χ2v) is 3.73. The summed E-state index contributed by atoms with van der Waals surface area (Å²) in [7, 11) is 0. The quantitative estimate of drug-likeness (QED) is 0.712. The molecule has 0 aliphatic carbocycles. The van der Waals surface area contributed by atoms with Crippen LogP contribution < -0.4 is 5.32 Å². The van der Waals surface area contributed by atoms with Crippen LogP contribution in [0.5, 0.6) is 0 Å². The van der Waals surface area contributed by atoms with Crippen molar-refractivity contribution in [2.24, 2.45) is 5.92 Å². The molecule has 0 aromatic heterocycles. The summed E-state index contributed by atoms with van der Waals surface area (Å²) >= 11 is 0. The van der Waals surface area contributed by atoms with Crippen LogP contribution in [0.15, 0.2) is 0 Å². The van der Waals surface area contributed by atoms with E-state index in [9.17, 15) is 9.59 Å². The maximum absolute atomic E-state index is 11.6. The third-order valence-electron chi connectivity index (χ3n) is 2.86. The summed E-state index contributed by atoms with van der Waals surface area (Å²) in [5, 5.41) is 2.63. The van der Waals surface area contributed by atoms with Gasteiger partial charge in [-0.05, 0) is 12.8 Å². The molecule has 2 atom stereocenters. The van der Waals surface area contributed by atoms with Crippen LogP contribution >= 0.6 is 0 Å². The predicted octanol–water partition coefficient (Wildman–Crippen LogP) is 0.379. The first-order chi connectivity index (χ1) is 6.61. The molecule has 0 spiro atoms. The minimum Gasteiger partial charge on any atom is -0.345 e. The number of nitrogens with one attached hydrogen (secondary N) is 1. The Morgan fingerprint density at radius 2 is 2.14 bits per heavy atom. The fourth-order valence-electron chi connectivity index (χ4n) is 1.83. The zero-order valence-corrected chi connectivity index (χ0v) is 9.04. The van der Waals surface area contributed by atoms with Gasteiger partial charge in [-0.25, -0.2) is 0 Å². The number of carbonyl (C=O) groups is 2. The number of hydrogen-bond acceptors (Lipinski definition) is 2. The van der Waals surface area contributed by atoms with E-state index in [2.05, 4.69) is 5.32 Å². The van der Waals surface area contributed by atoms with Gasteiger partial charge < -0.3 is 10.2 Å². The minimum absolute atomic E-state index is 0.0131. The molecule has 80 valence electrons. The lowest BCUT2D eigenvalue weighted by atomic mass is 9.95. The SMILES string of the molecule is CCC(C)C1C(=O)NCC(=O)N1CC. The summed E-state index contributed by atoms with van der Waals surface area (Å²) in [5.41, 5.74) is 0. The Morgan fingerprint density at radius 1 is 1.50 bits per heavy atom. The van der Waals surface area contributed by atoms with Crippen molar-refractivity contribution in [3.63, 3.8) is 0 Å². The summed E-state index contributed by atoms with van der Waals surface area (Å²) in [5.74, 6) is 0.234. The molecular formula is C10H18N2O2. The average molecular weight is 198 g/mol. The second-order valence-electron chi connectivity index (χ2n) is 3.73. The number of rotatable bonds is 3. The van der Waals surface area contributed by atoms with E-state index < -0.39 is 0 Å². The van der Waals surface area contributed by atoms with Gasteiger partial charge in [0, 0.05) is 6.54 Å². The van der Waals surface area contributed by atoms with Gasteiger partial charge in [-0.3, -0.25) is 9.59 Å². The summed E-state index contributed by atoms with van der Waals surface area (Å²) in [4.78, 5) is 24.8. The Bertz CT molecular complexity index is 240. The van der Waals surface area contributed by atoms with E-state index in [0.717, 1.165) is 6.42 Å². The molecule has 1 aliphatic rings. The molecule has 0 bridgehead atoms. The third kappa shape index (κ3) is 1.89. The first-order valence-electron chi connectivity index (χ1n) is 5.19. The molecule has 4 nitrogen and oxygen atoms in total. The Labute approximate surface area is 84.7 Å². The highest BCUT2D eigenvalue weighted by atomic mass is 16.2. The largest absolute Gasteiger partial charge is 0.345 e. The molecule has 1 N–H and O–H groups in total. The normalized spacial score (nSPS) is 24.8. The molecule has 0 aromatic rings. The molecule has 1 rings (SSSR count). The Balaban J connectivity index is 2.83. The maximum atomic E-state index is 11.6.